The number of rotatable bonds is 8. The summed E-state index contributed by atoms with van der Waals surface area (Å²) in [6, 6.07) is 5.13. The highest BCUT2D eigenvalue weighted by Gasteiger charge is 2.13. The Morgan fingerprint density at radius 2 is 2.23 bits per heavy atom. The number of halogens is 1. The smallest absolute Gasteiger partial charge is 0.262 e. The first-order valence-electron chi connectivity index (χ1n) is 8.33. The van der Waals surface area contributed by atoms with Crippen LogP contribution in [0.15, 0.2) is 40.8 Å². The van der Waals surface area contributed by atoms with Crippen LogP contribution in [0.25, 0.3) is 10.9 Å². The van der Waals surface area contributed by atoms with Crippen LogP contribution in [-0.2, 0) is 18.8 Å². The topological polar surface area (TPSA) is 78.5 Å². The second-order valence-corrected chi connectivity index (χ2v) is 7.10. The van der Waals surface area contributed by atoms with Gasteiger partial charge < -0.3 is 0 Å². The number of fused-ring (bicyclic) bond motifs is 1. The minimum atomic E-state index is -0.134. The Balaban J connectivity index is 1.93. The van der Waals surface area contributed by atoms with Crippen molar-refractivity contribution in [3.8, 4) is 0 Å². The number of allylic oxidation sites excluding steroid dienone is 1. The normalized spacial score (nSPS) is 11.2. The van der Waals surface area contributed by atoms with Crippen molar-refractivity contribution in [3.05, 3.63) is 52.1 Å². The van der Waals surface area contributed by atoms with E-state index in [1.165, 1.54) is 11.8 Å². The quantitative estimate of drug-likeness (QED) is 0.333. The number of hydrogen-bond donors (Lipinski definition) is 0. The number of unbranched alkanes of at least 4 members (excludes halogenated alkanes) is 1. The summed E-state index contributed by atoms with van der Waals surface area (Å²) in [6.45, 7) is 7.01. The van der Waals surface area contributed by atoms with E-state index in [1.54, 1.807) is 33.5 Å². The van der Waals surface area contributed by atoms with Gasteiger partial charge in [-0.15, -0.1) is 11.7 Å². The van der Waals surface area contributed by atoms with Gasteiger partial charge in [-0.3, -0.25) is 9.36 Å². The molecule has 2 aromatic heterocycles. The van der Waals surface area contributed by atoms with Gasteiger partial charge in [-0.25, -0.2) is 9.67 Å². The van der Waals surface area contributed by atoms with Gasteiger partial charge in [0.15, 0.2) is 11.0 Å². The first kappa shape index (κ1) is 18.6. The van der Waals surface area contributed by atoms with Crippen LogP contribution in [-0.4, -0.2) is 29.8 Å². The minimum absolute atomic E-state index is 0.134. The molecule has 0 aliphatic rings. The zero-order valence-corrected chi connectivity index (χ0v) is 16.0. The summed E-state index contributed by atoms with van der Waals surface area (Å²) in [7, 11) is 0. The number of thioether (sulfide) groups is 1. The first-order valence-corrected chi connectivity index (χ1v) is 9.69. The van der Waals surface area contributed by atoms with Crippen molar-refractivity contribution in [1.82, 2.24) is 29.8 Å². The van der Waals surface area contributed by atoms with Crippen molar-refractivity contribution in [2.24, 2.45) is 0 Å². The third-order valence-electron chi connectivity index (χ3n) is 3.85. The standard InChI is InChI=1S/C17H19ClN6OS/c1-3-5-9-24-15(20-21-22-24)11-26-17-19-14-7-6-12(18)10-13(14)16(25)23(17)8-4-2/h4,6-7,10H,2-3,5,8-9,11H2,1H3. The van der Waals surface area contributed by atoms with Crippen LogP contribution in [0.3, 0.4) is 0 Å². The molecule has 0 radical (unpaired) electrons. The molecule has 0 N–H and O–H groups in total. The van der Waals surface area contributed by atoms with E-state index in [2.05, 4.69) is 34.0 Å². The number of hydrogen-bond acceptors (Lipinski definition) is 6. The first-order chi connectivity index (χ1) is 12.6. The Hall–Kier alpha value is -2.19. The highest BCUT2D eigenvalue weighted by atomic mass is 35.5. The van der Waals surface area contributed by atoms with E-state index in [0.717, 1.165) is 25.2 Å². The second-order valence-electron chi connectivity index (χ2n) is 5.72. The Morgan fingerprint density at radius 3 is 3.00 bits per heavy atom. The van der Waals surface area contributed by atoms with Crippen molar-refractivity contribution >= 4 is 34.3 Å². The Labute approximate surface area is 160 Å². The van der Waals surface area contributed by atoms with Crippen molar-refractivity contribution < 1.29 is 0 Å². The van der Waals surface area contributed by atoms with Gasteiger partial charge in [0.25, 0.3) is 5.56 Å². The molecule has 0 spiro atoms. The Morgan fingerprint density at radius 1 is 1.38 bits per heavy atom. The predicted molar refractivity (Wildman–Crippen MR) is 103 cm³/mol. The van der Waals surface area contributed by atoms with E-state index in [9.17, 15) is 4.79 Å². The van der Waals surface area contributed by atoms with Gasteiger partial charge in [0.1, 0.15) is 0 Å². The SMILES string of the molecule is C=CCn1c(SCc2nnnn2CCCC)nc2ccc(Cl)cc2c1=O. The zero-order chi connectivity index (χ0) is 18.5. The third kappa shape index (κ3) is 3.96. The molecule has 136 valence electrons. The molecule has 0 saturated carbocycles. The lowest BCUT2D eigenvalue weighted by Gasteiger charge is -2.11. The van der Waals surface area contributed by atoms with Crippen molar-refractivity contribution in [1.29, 1.82) is 0 Å². The van der Waals surface area contributed by atoms with Gasteiger partial charge in [-0.05, 0) is 35.0 Å². The number of tetrazole rings is 1. The fourth-order valence-electron chi connectivity index (χ4n) is 2.51. The van der Waals surface area contributed by atoms with E-state index in [-0.39, 0.29) is 5.56 Å². The van der Waals surface area contributed by atoms with Crippen LogP contribution in [0.4, 0.5) is 0 Å². The molecule has 9 heteroatoms. The average molecular weight is 391 g/mol. The third-order valence-corrected chi connectivity index (χ3v) is 5.06. The molecule has 0 atom stereocenters. The van der Waals surface area contributed by atoms with Crippen molar-refractivity contribution in [2.75, 3.05) is 0 Å². The highest BCUT2D eigenvalue weighted by molar-refractivity contribution is 7.98. The summed E-state index contributed by atoms with van der Waals surface area (Å²) in [6.07, 6.45) is 3.76. The lowest BCUT2D eigenvalue weighted by molar-refractivity contribution is 0.540. The van der Waals surface area contributed by atoms with Gasteiger partial charge in [0.2, 0.25) is 0 Å². The zero-order valence-electron chi connectivity index (χ0n) is 14.4. The van der Waals surface area contributed by atoms with E-state index in [4.69, 9.17) is 11.6 Å². The molecule has 3 rings (SSSR count). The van der Waals surface area contributed by atoms with Crippen LogP contribution < -0.4 is 5.56 Å². The fraction of sp³-hybridized carbons (Fsp3) is 0.353. The molecule has 1 aromatic carbocycles. The molecule has 3 aromatic rings. The number of nitrogens with zero attached hydrogens (tertiary/aromatic N) is 6. The second kappa shape index (κ2) is 8.46. The molecule has 0 unspecified atom stereocenters. The molecular formula is C17H19ClN6OS. The number of benzene rings is 1. The monoisotopic (exact) mass is 390 g/mol. The van der Waals surface area contributed by atoms with Crippen LogP contribution in [0, 0.1) is 0 Å². The molecule has 0 aliphatic heterocycles. The van der Waals surface area contributed by atoms with Crippen LogP contribution in [0.5, 0.6) is 0 Å². The van der Waals surface area contributed by atoms with E-state index in [1.807, 2.05) is 0 Å². The Bertz CT molecular complexity index is 983. The maximum Gasteiger partial charge on any atom is 0.262 e. The molecule has 0 saturated heterocycles. The van der Waals surface area contributed by atoms with Gasteiger partial charge in [0, 0.05) is 18.1 Å². The maximum absolute atomic E-state index is 12.8. The molecular weight excluding hydrogens is 372 g/mol. The summed E-state index contributed by atoms with van der Waals surface area (Å²) >= 11 is 7.45. The van der Waals surface area contributed by atoms with E-state index < -0.39 is 0 Å². The molecule has 0 aliphatic carbocycles. The number of aryl methyl sites for hydroxylation is 1. The van der Waals surface area contributed by atoms with Crippen LogP contribution in [0.1, 0.15) is 25.6 Å². The van der Waals surface area contributed by atoms with Gasteiger partial charge >= 0.3 is 0 Å². The molecule has 26 heavy (non-hydrogen) atoms. The highest BCUT2D eigenvalue weighted by Crippen LogP contribution is 2.22. The average Bonchev–Trinajstić information content (AvgIpc) is 3.09. The summed E-state index contributed by atoms with van der Waals surface area (Å²) < 4.78 is 3.39. The van der Waals surface area contributed by atoms with Crippen LogP contribution >= 0.6 is 23.4 Å². The summed E-state index contributed by atoms with van der Waals surface area (Å²) in [5.41, 5.74) is 0.485. The summed E-state index contributed by atoms with van der Waals surface area (Å²) in [5, 5.41) is 13.5. The van der Waals surface area contributed by atoms with E-state index in [0.29, 0.717) is 33.4 Å². The largest absolute Gasteiger partial charge is 0.283 e. The van der Waals surface area contributed by atoms with Crippen molar-refractivity contribution in [3.63, 3.8) is 0 Å². The Kier molecular flexibility index (Phi) is 6.05. The molecule has 7 nitrogen and oxygen atoms in total. The lowest BCUT2D eigenvalue weighted by Crippen LogP contribution is -2.23. The van der Waals surface area contributed by atoms with Crippen molar-refractivity contribution in [2.45, 2.75) is 43.8 Å². The fourth-order valence-corrected chi connectivity index (χ4v) is 3.62. The van der Waals surface area contributed by atoms with Crippen LogP contribution in [0.2, 0.25) is 5.02 Å². The molecule has 2 heterocycles. The van der Waals surface area contributed by atoms with E-state index >= 15 is 0 Å². The predicted octanol–water partition coefficient (Wildman–Crippen LogP) is 3.31. The number of aromatic nitrogens is 6. The summed E-state index contributed by atoms with van der Waals surface area (Å²) in [4.78, 5) is 17.4. The van der Waals surface area contributed by atoms with Gasteiger partial charge in [-0.1, -0.05) is 42.8 Å². The lowest BCUT2D eigenvalue weighted by atomic mass is 10.2. The summed E-state index contributed by atoms with van der Waals surface area (Å²) in [5.74, 6) is 1.29. The molecule has 0 bridgehead atoms. The van der Waals surface area contributed by atoms with Gasteiger partial charge in [0.05, 0.1) is 16.7 Å². The molecule has 0 fully saturated rings. The minimum Gasteiger partial charge on any atom is -0.283 e. The maximum atomic E-state index is 12.8. The van der Waals surface area contributed by atoms with Gasteiger partial charge in [-0.2, -0.15) is 0 Å². The molecule has 0 amide bonds.